The third-order valence-corrected chi connectivity index (χ3v) is 5.20. The average molecular weight is 312 g/mol. The highest BCUT2D eigenvalue weighted by Gasteiger charge is 2.12. The van der Waals surface area contributed by atoms with E-state index in [1.165, 1.54) is 25.7 Å². The molecule has 0 fully saturated rings. The van der Waals surface area contributed by atoms with Crippen molar-refractivity contribution in [2.75, 3.05) is 18.4 Å². The van der Waals surface area contributed by atoms with E-state index in [1.807, 2.05) is 12.1 Å². The molecule has 2 N–H and O–H groups in total. The molecule has 21 heavy (non-hydrogen) atoms. The van der Waals surface area contributed by atoms with Crippen molar-refractivity contribution in [3.05, 3.63) is 24.3 Å². The van der Waals surface area contributed by atoms with E-state index in [0.717, 1.165) is 12.2 Å². The Labute approximate surface area is 129 Å². The number of anilines is 1. The van der Waals surface area contributed by atoms with Crippen molar-refractivity contribution < 1.29 is 8.42 Å². The summed E-state index contributed by atoms with van der Waals surface area (Å²) in [7, 11) is -3.35. The van der Waals surface area contributed by atoms with E-state index in [-0.39, 0.29) is 0 Å². The highest BCUT2D eigenvalue weighted by atomic mass is 32.2. The fourth-order valence-electron chi connectivity index (χ4n) is 2.23. The minimum atomic E-state index is -3.35. The van der Waals surface area contributed by atoms with Gasteiger partial charge in [0.15, 0.2) is 0 Å². The molecule has 1 atom stereocenters. The molecule has 1 rings (SSSR count). The highest BCUT2D eigenvalue weighted by Crippen LogP contribution is 2.17. The van der Waals surface area contributed by atoms with Crippen LogP contribution in [0.1, 0.15) is 46.5 Å². The second-order valence-electron chi connectivity index (χ2n) is 5.32. The monoisotopic (exact) mass is 312 g/mol. The molecular weight excluding hydrogens is 284 g/mol. The number of nitrogens with one attached hydrogen (secondary N) is 2. The third-order valence-electron chi connectivity index (χ3n) is 3.64. The molecule has 0 saturated carbocycles. The summed E-state index contributed by atoms with van der Waals surface area (Å²) in [4.78, 5) is 0.313. The molecule has 5 heteroatoms. The number of sulfonamides is 1. The summed E-state index contributed by atoms with van der Waals surface area (Å²) in [5.74, 6) is 0.676. The summed E-state index contributed by atoms with van der Waals surface area (Å²) in [6.07, 6.45) is 4.90. The summed E-state index contributed by atoms with van der Waals surface area (Å²) in [6, 6.07) is 6.95. The fraction of sp³-hybridized carbons (Fsp3) is 0.625. The van der Waals surface area contributed by atoms with Gasteiger partial charge in [0, 0.05) is 18.8 Å². The molecule has 1 aromatic rings. The van der Waals surface area contributed by atoms with Gasteiger partial charge in [0.1, 0.15) is 0 Å². The molecular formula is C16H28N2O2S. The molecule has 0 spiro atoms. The zero-order chi connectivity index (χ0) is 15.7. The van der Waals surface area contributed by atoms with Crippen molar-refractivity contribution in [3.8, 4) is 0 Å². The largest absolute Gasteiger partial charge is 0.385 e. The lowest BCUT2D eigenvalue weighted by atomic mass is 9.99. The molecule has 0 aromatic heterocycles. The van der Waals surface area contributed by atoms with Gasteiger partial charge < -0.3 is 5.32 Å². The van der Waals surface area contributed by atoms with E-state index < -0.39 is 10.0 Å². The zero-order valence-electron chi connectivity index (χ0n) is 13.4. The maximum Gasteiger partial charge on any atom is 0.240 e. The second-order valence-corrected chi connectivity index (χ2v) is 7.09. The van der Waals surface area contributed by atoms with Crippen molar-refractivity contribution in [1.29, 1.82) is 0 Å². The van der Waals surface area contributed by atoms with Gasteiger partial charge in [-0.1, -0.05) is 40.0 Å². The molecule has 120 valence electrons. The first-order valence-electron chi connectivity index (χ1n) is 7.87. The first kappa shape index (κ1) is 18.0. The van der Waals surface area contributed by atoms with E-state index in [2.05, 4.69) is 23.9 Å². The van der Waals surface area contributed by atoms with Crippen LogP contribution < -0.4 is 10.0 Å². The molecule has 0 bridgehead atoms. The Hall–Kier alpha value is -1.07. The standard InChI is InChI=1S/C16H28N2O2S/c1-4-7-8-14(5-2)13-17-15-9-11-16(12-10-15)21(19,20)18-6-3/h9-12,14,17-18H,4-8,13H2,1-3H3. The van der Waals surface area contributed by atoms with Crippen LogP contribution in [-0.4, -0.2) is 21.5 Å². The summed E-state index contributed by atoms with van der Waals surface area (Å²) in [6.45, 7) is 7.54. The van der Waals surface area contributed by atoms with Crippen LogP contribution in [-0.2, 0) is 10.0 Å². The van der Waals surface area contributed by atoms with Crippen LogP contribution in [0.4, 0.5) is 5.69 Å². The van der Waals surface area contributed by atoms with E-state index in [0.29, 0.717) is 17.4 Å². The van der Waals surface area contributed by atoms with Crippen LogP contribution in [0.2, 0.25) is 0 Å². The van der Waals surface area contributed by atoms with Crippen molar-refractivity contribution in [1.82, 2.24) is 4.72 Å². The first-order valence-corrected chi connectivity index (χ1v) is 9.35. The predicted octanol–water partition coefficient (Wildman–Crippen LogP) is 3.61. The van der Waals surface area contributed by atoms with Gasteiger partial charge in [-0.25, -0.2) is 13.1 Å². The third kappa shape index (κ3) is 6.06. The predicted molar refractivity (Wildman–Crippen MR) is 89.1 cm³/mol. The Balaban J connectivity index is 2.58. The van der Waals surface area contributed by atoms with Crippen LogP contribution in [0.15, 0.2) is 29.2 Å². The van der Waals surface area contributed by atoms with Gasteiger partial charge >= 0.3 is 0 Å². The lowest BCUT2D eigenvalue weighted by Gasteiger charge is -2.16. The van der Waals surface area contributed by atoms with Gasteiger partial charge in [0.2, 0.25) is 10.0 Å². The molecule has 0 amide bonds. The molecule has 0 aliphatic heterocycles. The fourth-order valence-corrected chi connectivity index (χ4v) is 3.27. The van der Waals surface area contributed by atoms with Crippen LogP contribution in [0.25, 0.3) is 0 Å². The molecule has 1 aromatic carbocycles. The molecule has 0 aliphatic carbocycles. The Bertz CT molecular complexity index is 498. The van der Waals surface area contributed by atoms with Gasteiger partial charge in [0.05, 0.1) is 4.90 Å². The van der Waals surface area contributed by atoms with Crippen molar-refractivity contribution in [2.45, 2.75) is 51.3 Å². The van der Waals surface area contributed by atoms with Crippen LogP contribution in [0.3, 0.4) is 0 Å². The van der Waals surface area contributed by atoms with Crippen molar-refractivity contribution >= 4 is 15.7 Å². The number of benzene rings is 1. The van der Waals surface area contributed by atoms with Gasteiger partial charge in [-0.05, 0) is 36.6 Å². The van der Waals surface area contributed by atoms with Crippen molar-refractivity contribution in [3.63, 3.8) is 0 Å². The van der Waals surface area contributed by atoms with Crippen molar-refractivity contribution in [2.24, 2.45) is 5.92 Å². The lowest BCUT2D eigenvalue weighted by Crippen LogP contribution is -2.23. The topological polar surface area (TPSA) is 58.2 Å². The zero-order valence-corrected chi connectivity index (χ0v) is 14.2. The van der Waals surface area contributed by atoms with Gasteiger partial charge in [0.25, 0.3) is 0 Å². The SMILES string of the molecule is CCCCC(CC)CNc1ccc(S(=O)(=O)NCC)cc1. The minimum absolute atomic E-state index is 0.313. The summed E-state index contributed by atoms with van der Waals surface area (Å²) in [5.41, 5.74) is 0.973. The van der Waals surface area contributed by atoms with Gasteiger partial charge in [-0.3, -0.25) is 0 Å². The molecule has 4 nitrogen and oxygen atoms in total. The Morgan fingerprint density at radius 3 is 2.29 bits per heavy atom. The van der Waals surface area contributed by atoms with E-state index >= 15 is 0 Å². The molecule has 1 unspecified atom stereocenters. The van der Waals surface area contributed by atoms with E-state index in [1.54, 1.807) is 19.1 Å². The Kier molecular flexibility index (Phi) is 7.75. The van der Waals surface area contributed by atoms with Crippen LogP contribution in [0, 0.1) is 5.92 Å². The Morgan fingerprint density at radius 1 is 1.10 bits per heavy atom. The normalized spacial score (nSPS) is 13.1. The average Bonchev–Trinajstić information content (AvgIpc) is 2.48. The quantitative estimate of drug-likeness (QED) is 0.694. The summed E-state index contributed by atoms with van der Waals surface area (Å²) >= 11 is 0. The molecule has 0 heterocycles. The van der Waals surface area contributed by atoms with Gasteiger partial charge in [-0.15, -0.1) is 0 Å². The number of hydrogen-bond acceptors (Lipinski definition) is 3. The van der Waals surface area contributed by atoms with Crippen LogP contribution in [0.5, 0.6) is 0 Å². The maximum absolute atomic E-state index is 11.8. The summed E-state index contributed by atoms with van der Waals surface area (Å²) < 4.78 is 26.2. The Morgan fingerprint density at radius 2 is 1.76 bits per heavy atom. The molecule has 0 saturated heterocycles. The highest BCUT2D eigenvalue weighted by molar-refractivity contribution is 7.89. The molecule has 0 radical (unpaired) electrons. The van der Waals surface area contributed by atoms with Gasteiger partial charge in [-0.2, -0.15) is 0 Å². The smallest absolute Gasteiger partial charge is 0.240 e. The summed E-state index contributed by atoms with van der Waals surface area (Å²) in [5, 5.41) is 3.40. The van der Waals surface area contributed by atoms with E-state index in [4.69, 9.17) is 0 Å². The number of hydrogen-bond donors (Lipinski definition) is 2. The molecule has 0 aliphatic rings. The lowest BCUT2D eigenvalue weighted by molar-refractivity contribution is 0.473. The van der Waals surface area contributed by atoms with E-state index in [9.17, 15) is 8.42 Å². The minimum Gasteiger partial charge on any atom is -0.385 e. The first-order chi connectivity index (χ1) is 10.0. The van der Waals surface area contributed by atoms with Crippen LogP contribution >= 0.6 is 0 Å². The number of unbranched alkanes of at least 4 members (excludes halogenated alkanes) is 1. The second kappa shape index (κ2) is 9.05. The number of rotatable bonds is 10. The maximum atomic E-state index is 11.8.